The number of allylic oxidation sites excluding steroid dienone is 2. The van der Waals surface area contributed by atoms with E-state index < -0.39 is 0 Å². The third-order valence-electron chi connectivity index (χ3n) is 1.42. The smallest absolute Gasteiger partial charge is 0.157 e. The van der Waals surface area contributed by atoms with E-state index in [9.17, 15) is 4.79 Å². The van der Waals surface area contributed by atoms with Gasteiger partial charge in [-0.25, -0.2) is 0 Å². The van der Waals surface area contributed by atoms with Gasteiger partial charge in [0.2, 0.25) is 0 Å². The van der Waals surface area contributed by atoms with Crippen LogP contribution in [0, 0.1) is 0 Å². The summed E-state index contributed by atoms with van der Waals surface area (Å²) in [7, 11) is 0. The Kier molecular flexibility index (Phi) is 5.53. The third kappa shape index (κ3) is 7.10. The molecule has 0 aliphatic carbocycles. The molecule has 0 radical (unpaired) electrons. The highest BCUT2D eigenvalue weighted by atomic mass is 16.1. The van der Waals surface area contributed by atoms with E-state index in [1.54, 1.807) is 6.92 Å². The maximum absolute atomic E-state index is 11.0. The molecule has 0 rings (SSSR count). The Morgan fingerprint density at radius 1 is 1.45 bits per heavy atom. The van der Waals surface area contributed by atoms with Crippen molar-refractivity contribution in [1.29, 1.82) is 0 Å². The molecule has 11 heavy (non-hydrogen) atoms. The van der Waals surface area contributed by atoms with Crippen LogP contribution in [0.3, 0.4) is 0 Å². The van der Waals surface area contributed by atoms with Crippen LogP contribution in [0.1, 0.15) is 39.5 Å². The zero-order chi connectivity index (χ0) is 8.69. The minimum atomic E-state index is 0.151. The van der Waals surface area contributed by atoms with E-state index in [2.05, 4.69) is 6.92 Å². The monoisotopic (exact) mass is 155 g/mol. The van der Waals surface area contributed by atoms with E-state index in [1.165, 1.54) is 6.08 Å². The molecule has 2 nitrogen and oxygen atoms in total. The van der Waals surface area contributed by atoms with Crippen LogP contribution in [0.25, 0.3) is 0 Å². The second kappa shape index (κ2) is 5.96. The summed E-state index contributed by atoms with van der Waals surface area (Å²) in [6.07, 6.45) is 5.42. The highest BCUT2D eigenvalue weighted by Gasteiger charge is 1.95. The zero-order valence-corrected chi connectivity index (χ0v) is 7.39. The van der Waals surface area contributed by atoms with Crippen molar-refractivity contribution in [2.75, 3.05) is 0 Å². The number of hydrogen-bond acceptors (Lipinski definition) is 2. The predicted molar refractivity (Wildman–Crippen MR) is 47.1 cm³/mol. The molecule has 2 heteroatoms. The van der Waals surface area contributed by atoms with Crippen molar-refractivity contribution in [2.24, 2.45) is 5.73 Å². The van der Waals surface area contributed by atoms with Crippen LogP contribution in [0.2, 0.25) is 0 Å². The Bertz CT molecular complexity index is 146. The van der Waals surface area contributed by atoms with Crippen molar-refractivity contribution < 1.29 is 4.79 Å². The third-order valence-corrected chi connectivity index (χ3v) is 1.42. The highest BCUT2D eigenvalue weighted by Crippen LogP contribution is 2.00. The fourth-order valence-corrected chi connectivity index (χ4v) is 0.875. The molecule has 0 aromatic rings. The van der Waals surface area contributed by atoms with Crippen LogP contribution < -0.4 is 5.73 Å². The predicted octanol–water partition coefficient (Wildman–Crippen LogP) is 2.00. The summed E-state index contributed by atoms with van der Waals surface area (Å²) in [6, 6.07) is 0. The van der Waals surface area contributed by atoms with Crippen LogP contribution in [0.15, 0.2) is 11.8 Å². The van der Waals surface area contributed by atoms with Gasteiger partial charge in [-0.3, -0.25) is 4.79 Å². The summed E-state index contributed by atoms with van der Waals surface area (Å²) < 4.78 is 0. The van der Waals surface area contributed by atoms with E-state index in [0.29, 0.717) is 12.1 Å². The van der Waals surface area contributed by atoms with Gasteiger partial charge >= 0.3 is 0 Å². The second-order valence-electron chi connectivity index (χ2n) is 2.81. The van der Waals surface area contributed by atoms with Gasteiger partial charge in [-0.05, 0) is 19.4 Å². The molecular formula is C9H17NO. The molecular weight excluding hydrogens is 138 g/mol. The van der Waals surface area contributed by atoms with Gasteiger partial charge in [0.1, 0.15) is 0 Å². The molecule has 0 aliphatic heterocycles. The topological polar surface area (TPSA) is 43.1 Å². The van der Waals surface area contributed by atoms with Gasteiger partial charge in [0, 0.05) is 12.1 Å². The van der Waals surface area contributed by atoms with Gasteiger partial charge in [-0.15, -0.1) is 0 Å². The Labute approximate surface area is 68.5 Å². The Balaban J connectivity index is 3.46. The first-order valence-electron chi connectivity index (χ1n) is 4.13. The summed E-state index contributed by atoms with van der Waals surface area (Å²) >= 11 is 0. The van der Waals surface area contributed by atoms with E-state index in [1.807, 2.05) is 0 Å². The van der Waals surface area contributed by atoms with Gasteiger partial charge < -0.3 is 5.73 Å². The largest absolute Gasteiger partial charge is 0.402 e. The standard InChI is InChI=1S/C9H17NO/c1-3-4-5-6-9(11)7-8(2)10/h7H,3-6,10H2,1-2H3/b8-7-. The fourth-order valence-electron chi connectivity index (χ4n) is 0.875. The number of unbranched alkanes of at least 4 members (excludes halogenated alkanes) is 2. The summed E-state index contributed by atoms with van der Waals surface area (Å²) in [5.41, 5.74) is 5.94. The van der Waals surface area contributed by atoms with Gasteiger partial charge in [0.25, 0.3) is 0 Å². The van der Waals surface area contributed by atoms with Crippen molar-refractivity contribution >= 4 is 5.78 Å². The van der Waals surface area contributed by atoms with Crippen LogP contribution in [0.5, 0.6) is 0 Å². The number of carbonyl (C=O) groups is 1. The molecule has 0 bridgehead atoms. The summed E-state index contributed by atoms with van der Waals surface area (Å²) in [5.74, 6) is 0.151. The van der Waals surface area contributed by atoms with Crippen LogP contribution in [0.4, 0.5) is 0 Å². The average molecular weight is 155 g/mol. The number of carbonyl (C=O) groups excluding carboxylic acids is 1. The number of nitrogens with two attached hydrogens (primary N) is 1. The lowest BCUT2D eigenvalue weighted by Gasteiger charge is -1.94. The molecule has 0 atom stereocenters. The molecule has 0 spiro atoms. The molecule has 0 aliphatic rings. The number of ketones is 1. The number of hydrogen-bond donors (Lipinski definition) is 1. The summed E-state index contributed by atoms with van der Waals surface area (Å²) in [4.78, 5) is 11.0. The van der Waals surface area contributed by atoms with E-state index in [0.717, 1.165) is 19.3 Å². The van der Waals surface area contributed by atoms with E-state index in [4.69, 9.17) is 5.73 Å². The molecule has 0 heterocycles. The highest BCUT2D eigenvalue weighted by molar-refractivity contribution is 5.89. The molecule has 64 valence electrons. The van der Waals surface area contributed by atoms with Gasteiger partial charge in [0.15, 0.2) is 5.78 Å². The summed E-state index contributed by atoms with van der Waals surface area (Å²) in [6.45, 7) is 3.85. The van der Waals surface area contributed by atoms with Crippen molar-refractivity contribution in [3.63, 3.8) is 0 Å². The Morgan fingerprint density at radius 2 is 2.09 bits per heavy atom. The zero-order valence-electron chi connectivity index (χ0n) is 7.39. The van der Waals surface area contributed by atoms with Gasteiger partial charge in [-0.2, -0.15) is 0 Å². The lowest BCUT2D eigenvalue weighted by Crippen LogP contribution is -1.98. The first-order valence-corrected chi connectivity index (χ1v) is 4.13. The van der Waals surface area contributed by atoms with Gasteiger partial charge in [-0.1, -0.05) is 19.8 Å². The van der Waals surface area contributed by atoms with Crippen LogP contribution >= 0.6 is 0 Å². The quantitative estimate of drug-likeness (QED) is 0.487. The number of rotatable bonds is 5. The van der Waals surface area contributed by atoms with Crippen LogP contribution in [-0.4, -0.2) is 5.78 Å². The van der Waals surface area contributed by atoms with Crippen molar-refractivity contribution in [3.8, 4) is 0 Å². The maximum atomic E-state index is 11.0. The van der Waals surface area contributed by atoms with Crippen molar-refractivity contribution in [2.45, 2.75) is 39.5 Å². The van der Waals surface area contributed by atoms with Crippen molar-refractivity contribution in [3.05, 3.63) is 11.8 Å². The molecule has 0 aromatic heterocycles. The van der Waals surface area contributed by atoms with Crippen molar-refractivity contribution in [1.82, 2.24) is 0 Å². The molecule has 0 aromatic carbocycles. The fraction of sp³-hybridized carbons (Fsp3) is 0.667. The minimum absolute atomic E-state index is 0.151. The SMILES string of the molecule is CCCCCC(=O)/C=C(/C)N. The second-order valence-corrected chi connectivity index (χ2v) is 2.81. The average Bonchev–Trinajstić information content (AvgIpc) is 1.86. The van der Waals surface area contributed by atoms with Crippen LogP contribution in [-0.2, 0) is 4.79 Å². The normalized spacial score (nSPS) is 11.6. The maximum Gasteiger partial charge on any atom is 0.157 e. The Hall–Kier alpha value is -0.790. The molecule has 0 unspecified atom stereocenters. The molecule has 0 saturated heterocycles. The van der Waals surface area contributed by atoms with E-state index in [-0.39, 0.29) is 5.78 Å². The lowest BCUT2D eigenvalue weighted by atomic mass is 10.1. The molecule has 0 fully saturated rings. The first kappa shape index (κ1) is 10.2. The lowest BCUT2D eigenvalue weighted by molar-refractivity contribution is -0.114. The van der Waals surface area contributed by atoms with E-state index >= 15 is 0 Å². The van der Waals surface area contributed by atoms with Gasteiger partial charge in [0.05, 0.1) is 0 Å². The molecule has 0 saturated carbocycles. The molecule has 0 amide bonds. The first-order chi connectivity index (χ1) is 5.16. The minimum Gasteiger partial charge on any atom is -0.402 e. The Morgan fingerprint density at radius 3 is 2.55 bits per heavy atom. The summed E-state index contributed by atoms with van der Waals surface area (Å²) in [5, 5.41) is 0. The molecule has 2 N–H and O–H groups in total.